The van der Waals surface area contributed by atoms with Gasteiger partial charge in [0, 0.05) is 19.1 Å². The fraction of sp³-hybridized carbons (Fsp3) is 0.600. The molecule has 0 aromatic heterocycles. The molecule has 100 valence electrons. The third-order valence-corrected chi connectivity index (χ3v) is 3.44. The molecule has 0 spiro atoms. The highest BCUT2D eigenvalue weighted by molar-refractivity contribution is 5.47. The summed E-state index contributed by atoms with van der Waals surface area (Å²) in [7, 11) is 0. The van der Waals surface area contributed by atoms with E-state index in [1.165, 1.54) is 25.3 Å². The smallest absolute Gasteiger partial charge is 0.146 e. The Morgan fingerprint density at radius 3 is 2.72 bits per heavy atom. The average molecular weight is 250 g/mol. The van der Waals surface area contributed by atoms with Crippen LogP contribution in [0.5, 0.6) is 0 Å². The Morgan fingerprint density at radius 2 is 2.06 bits per heavy atom. The molecule has 1 aliphatic rings. The highest BCUT2D eigenvalue weighted by Crippen LogP contribution is 2.20. The molecule has 0 radical (unpaired) electrons. The van der Waals surface area contributed by atoms with Crippen LogP contribution in [0.3, 0.4) is 0 Å². The first-order valence-electron chi connectivity index (χ1n) is 7.04. The minimum Gasteiger partial charge on any atom is -0.369 e. The lowest BCUT2D eigenvalue weighted by atomic mass is 10.2. The van der Waals surface area contributed by atoms with Crippen molar-refractivity contribution in [2.75, 3.05) is 24.5 Å². The molecule has 1 N–H and O–H groups in total. The maximum absolute atomic E-state index is 13.7. The van der Waals surface area contributed by atoms with Crippen molar-refractivity contribution in [3.63, 3.8) is 0 Å². The van der Waals surface area contributed by atoms with Crippen molar-refractivity contribution in [2.24, 2.45) is 0 Å². The maximum Gasteiger partial charge on any atom is 0.146 e. The molecule has 1 fully saturated rings. The molecule has 0 aliphatic heterocycles. The summed E-state index contributed by atoms with van der Waals surface area (Å²) in [5, 5.41) is 3.51. The quantitative estimate of drug-likeness (QED) is 0.713. The fourth-order valence-corrected chi connectivity index (χ4v) is 2.18. The standard InChI is InChI=1S/C15H23FN2/c1-2-18(15-8-4-3-7-14(15)16)12-6-5-11-17-13-9-10-13/h3-4,7-8,13,17H,2,5-6,9-12H2,1H3. The monoisotopic (exact) mass is 250 g/mol. The fourth-order valence-electron chi connectivity index (χ4n) is 2.18. The van der Waals surface area contributed by atoms with Crippen LogP contribution in [0.1, 0.15) is 32.6 Å². The molecule has 0 unspecified atom stereocenters. The lowest BCUT2D eigenvalue weighted by molar-refractivity contribution is 0.595. The van der Waals surface area contributed by atoms with Crippen LogP contribution in [0.4, 0.5) is 10.1 Å². The van der Waals surface area contributed by atoms with Crippen molar-refractivity contribution in [1.29, 1.82) is 0 Å². The van der Waals surface area contributed by atoms with E-state index in [4.69, 9.17) is 0 Å². The van der Waals surface area contributed by atoms with Gasteiger partial charge in [0.05, 0.1) is 5.69 Å². The second kappa shape index (κ2) is 6.74. The van der Waals surface area contributed by atoms with Crippen molar-refractivity contribution >= 4 is 5.69 Å². The Labute approximate surface area is 109 Å². The highest BCUT2D eigenvalue weighted by atomic mass is 19.1. The number of benzene rings is 1. The van der Waals surface area contributed by atoms with Crippen molar-refractivity contribution in [2.45, 2.75) is 38.6 Å². The molecule has 2 rings (SSSR count). The summed E-state index contributed by atoms with van der Waals surface area (Å²) in [6.07, 6.45) is 4.97. The molecule has 0 amide bonds. The second-order valence-electron chi connectivity index (χ2n) is 4.97. The van der Waals surface area contributed by atoms with E-state index in [2.05, 4.69) is 17.1 Å². The molecule has 1 aliphatic carbocycles. The van der Waals surface area contributed by atoms with Crippen LogP contribution in [0.25, 0.3) is 0 Å². The SMILES string of the molecule is CCN(CCCCNC1CC1)c1ccccc1F. The largest absolute Gasteiger partial charge is 0.369 e. The van der Waals surface area contributed by atoms with Crippen LogP contribution in [0, 0.1) is 5.82 Å². The molecule has 2 nitrogen and oxygen atoms in total. The lowest BCUT2D eigenvalue weighted by Crippen LogP contribution is -2.26. The van der Waals surface area contributed by atoms with E-state index < -0.39 is 0 Å². The third kappa shape index (κ3) is 3.98. The number of hydrogen-bond acceptors (Lipinski definition) is 2. The molecular formula is C15H23FN2. The molecule has 0 heterocycles. The zero-order valence-corrected chi connectivity index (χ0v) is 11.2. The van der Waals surface area contributed by atoms with Gasteiger partial charge in [0.25, 0.3) is 0 Å². The van der Waals surface area contributed by atoms with Gasteiger partial charge >= 0.3 is 0 Å². The summed E-state index contributed by atoms with van der Waals surface area (Å²) in [6.45, 7) is 4.97. The first-order valence-corrected chi connectivity index (χ1v) is 7.04. The van der Waals surface area contributed by atoms with Crippen LogP contribution in [0.2, 0.25) is 0 Å². The molecule has 0 atom stereocenters. The van der Waals surface area contributed by atoms with E-state index in [0.29, 0.717) is 0 Å². The van der Waals surface area contributed by atoms with E-state index in [0.717, 1.165) is 37.8 Å². The number of rotatable bonds is 8. The van der Waals surface area contributed by atoms with E-state index in [1.807, 2.05) is 12.1 Å². The van der Waals surface area contributed by atoms with E-state index in [1.54, 1.807) is 6.07 Å². The van der Waals surface area contributed by atoms with Gasteiger partial charge in [-0.25, -0.2) is 4.39 Å². The van der Waals surface area contributed by atoms with Gasteiger partial charge in [-0.1, -0.05) is 12.1 Å². The van der Waals surface area contributed by atoms with Crippen molar-refractivity contribution in [1.82, 2.24) is 5.32 Å². The lowest BCUT2D eigenvalue weighted by Gasteiger charge is -2.23. The molecule has 1 saturated carbocycles. The molecular weight excluding hydrogens is 227 g/mol. The summed E-state index contributed by atoms with van der Waals surface area (Å²) in [6, 6.07) is 7.83. The van der Waals surface area contributed by atoms with Gasteiger partial charge in [0.15, 0.2) is 0 Å². The average Bonchev–Trinajstić information content (AvgIpc) is 3.19. The Morgan fingerprint density at radius 1 is 1.28 bits per heavy atom. The summed E-state index contributed by atoms with van der Waals surface area (Å²) < 4.78 is 13.7. The predicted molar refractivity (Wildman–Crippen MR) is 74.5 cm³/mol. The van der Waals surface area contributed by atoms with Crippen molar-refractivity contribution in [3.8, 4) is 0 Å². The van der Waals surface area contributed by atoms with Gasteiger partial charge in [-0.15, -0.1) is 0 Å². The van der Waals surface area contributed by atoms with Gasteiger partial charge in [-0.2, -0.15) is 0 Å². The summed E-state index contributed by atoms with van der Waals surface area (Å²) in [5.74, 6) is -0.115. The van der Waals surface area contributed by atoms with Crippen molar-refractivity contribution < 1.29 is 4.39 Å². The Kier molecular flexibility index (Phi) is 5.00. The Bertz CT molecular complexity index is 363. The number of anilines is 1. The summed E-state index contributed by atoms with van der Waals surface area (Å²) in [4.78, 5) is 2.12. The Hall–Kier alpha value is -1.09. The van der Waals surface area contributed by atoms with E-state index in [9.17, 15) is 4.39 Å². The van der Waals surface area contributed by atoms with Crippen LogP contribution >= 0.6 is 0 Å². The molecule has 1 aromatic rings. The van der Waals surface area contributed by atoms with Gasteiger partial charge in [-0.05, 0) is 51.3 Å². The van der Waals surface area contributed by atoms with Gasteiger partial charge < -0.3 is 10.2 Å². The molecule has 1 aromatic carbocycles. The minimum atomic E-state index is -0.115. The Balaban J connectivity index is 1.72. The minimum absolute atomic E-state index is 0.115. The topological polar surface area (TPSA) is 15.3 Å². The van der Waals surface area contributed by atoms with Crippen LogP contribution in [0.15, 0.2) is 24.3 Å². The van der Waals surface area contributed by atoms with Crippen LogP contribution in [-0.4, -0.2) is 25.7 Å². The molecule has 0 saturated heterocycles. The number of unbranched alkanes of at least 4 members (excludes halogenated alkanes) is 1. The summed E-state index contributed by atoms with van der Waals surface area (Å²) >= 11 is 0. The first-order chi connectivity index (χ1) is 8.81. The van der Waals surface area contributed by atoms with Crippen molar-refractivity contribution in [3.05, 3.63) is 30.1 Å². The molecule has 3 heteroatoms. The number of hydrogen-bond donors (Lipinski definition) is 1. The van der Waals surface area contributed by atoms with Gasteiger partial charge in [0.1, 0.15) is 5.82 Å². The highest BCUT2D eigenvalue weighted by Gasteiger charge is 2.19. The zero-order chi connectivity index (χ0) is 12.8. The number of nitrogens with zero attached hydrogens (tertiary/aromatic N) is 1. The van der Waals surface area contributed by atoms with Gasteiger partial charge in [-0.3, -0.25) is 0 Å². The van der Waals surface area contributed by atoms with Crippen LogP contribution in [-0.2, 0) is 0 Å². The van der Waals surface area contributed by atoms with Crippen LogP contribution < -0.4 is 10.2 Å². The van der Waals surface area contributed by atoms with E-state index in [-0.39, 0.29) is 5.82 Å². The maximum atomic E-state index is 13.7. The summed E-state index contributed by atoms with van der Waals surface area (Å²) in [5.41, 5.74) is 0.732. The number of halogens is 1. The first kappa shape index (κ1) is 13.3. The predicted octanol–water partition coefficient (Wildman–Crippen LogP) is 3.18. The third-order valence-electron chi connectivity index (χ3n) is 3.44. The molecule has 0 bridgehead atoms. The molecule has 18 heavy (non-hydrogen) atoms. The number of para-hydroxylation sites is 1. The van der Waals surface area contributed by atoms with E-state index >= 15 is 0 Å². The number of nitrogens with one attached hydrogen (secondary N) is 1. The normalized spacial score (nSPS) is 14.8. The second-order valence-corrected chi connectivity index (χ2v) is 4.97. The zero-order valence-electron chi connectivity index (χ0n) is 11.2. The van der Waals surface area contributed by atoms with Gasteiger partial charge in [0.2, 0.25) is 0 Å².